The Bertz CT molecular complexity index is 470. The van der Waals surface area contributed by atoms with Gasteiger partial charge in [-0.05, 0) is 30.5 Å². The summed E-state index contributed by atoms with van der Waals surface area (Å²) in [6.45, 7) is 0. The molecule has 18 heavy (non-hydrogen) atoms. The maximum Gasteiger partial charge on any atom is 0.157 e. The molecule has 1 fully saturated rings. The van der Waals surface area contributed by atoms with Crippen LogP contribution in [-0.2, 0) is 4.79 Å². The monoisotopic (exact) mass is 243 g/mol. The van der Waals surface area contributed by atoms with Crippen molar-refractivity contribution in [3.05, 3.63) is 29.8 Å². The number of ketones is 1. The van der Waals surface area contributed by atoms with Crippen LogP contribution in [0.4, 0.5) is 0 Å². The van der Waals surface area contributed by atoms with Crippen molar-refractivity contribution in [3.8, 4) is 11.8 Å². The maximum atomic E-state index is 12.3. The van der Waals surface area contributed by atoms with Crippen LogP contribution in [-0.4, -0.2) is 12.9 Å². The topological polar surface area (TPSA) is 50.1 Å². The van der Waals surface area contributed by atoms with Crippen molar-refractivity contribution in [1.29, 1.82) is 5.26 Å². The molecule has 1 aromatic carbocycles. The first-order valence-corrected chi connectivity index (χ1v) is 6.33. The second kappa shape index (κ2) is 5.68. The Hall–Kier alpha value is -1.82. The maximum absolute atomic E-state index is 12.3. The van der Waals surface area contributed by atoms with Crippen molar-refractivity contribution in [2.24, 2.45) is 5.92 Å². The second-order valence-corrected chi connectivity index (χ2v) is 4.72. The number of benzene rings is 1. The summed E-state index contributed by atoms with van der Waals surface area (Å²) in [4.78, 5) is 12.3. The molecule has 1 unspecified atom stereocenters. The molecule has 1 aromatic rings. The highest BCUT2D eigenvalue weighted by Crippen LogP contribution is 2.31. The van der Waals surface area contributed by atoms with E-state index in [1.807, 2.05) is 18.2 Å². The average molecular weight is 243 g/mol. The van der Waals surface area contributed by atoms with Crippen LogP contribution < -0.4 is 4.74 Å². The normalized spacial score (nSPS) is 17.1. The molecule has 0 bridgehead atoms. The van der Waals surface area contributed by atoms with E-state index in [2.05, 4.69) is 6.07 Å². The summed E-state index contributed by atoms with van der Waals surface area (Å²) in [7, 11) is 1.58. The molecule has 0 aliphatic heterocycles. The summed E-state index contributed by atoms with van der Waals surface area (Å²) in [5.41, 5.74) is 0.744. The lowest BCUT2D eigenvalue weighted by Gasteiger charge is -2.14. The molecule has 0 heterocycles. The highest BCUT2D eigenvalue weighted by Gasteiger charge is 2.30. The lowest BCUT2D eigenvalue weighted by atomic mass is 9.87. The number of ether oxygens (including phenoxy) is 1. The van der Waals surface area contributed by atoms with E-state index in [1.54, 1.807) is 13.2 Å². The van der Waals surface area contributed by atoms with Gasteiger partial charge in [0.15, 0.2) is 5.78 Å². The molecule has 0 spiro atoms. The summed E-state index contributed by atoms with van der Waals surface area (Å²) in [6, 6.07) is 9.38. The Kier molecular flexibility index (Phi) is 3.99. The second-order valence-electron chi connectivity index (χ2n) is 4.72. The zero-order valence-electron chi connectivity index (χ0n) is 10.6. The molecule has 1 saturated carbocycles. The van der Waals surface area contributed by atoms with E-state index in [4.69, 9.17) is 4.74 Å². The molecular weight excluding hydrogens is 226 g/mol. The van der Waals surface area contributed by atoms with E-state index in [0.717, 1.165) is 31.2 Å². The fraction of sp³-hybridized carbons (Fsp3) is 0.467. The Morgan fingerprint density at radius 1 is 1.44 bits per heavy atom. The first-order chi connectivity index (χ1) is 8.76. The van der Waals surface area contributed by atoms with Gasteiger partial charge in [0.25, 0.3) is 0 Å². The van der Waals surface area contributed by atoms with Gasteiger partial charge >= 0.3 is 0 Å². The van der Waals surface area contributed by atoms with Crippen LogP contribution in [0.1, 0.15) is 37.2 Å². The van der Waals surface area contributed by atoms with Crippen LogP contribution in [0.2, 0.25) is 0 Å². The van der Waals surface area contributed by atoms with Gasteiger partial charge in [-0.3, -0.25) is 4.79 Å². The Morgan fingerprint density at radius 3 is 2.78 bits per heavy atom. The molecule has 94 valence electrons. The third-order valence-electron chi connectivity index (χ3n) is 3.60. The van der Waals surface area contributed by atoms with Crippen LogP contribution in [0, 0.1) is 17.2 Å². The van der Waals surface area contributed by atoms with Crippen molar-refractivity contribution in [3.63, 3.8) is 0 Å². The number of rotatable bonds is 4. The number of hydrogen-bond acceptors (Lipinski definition) is 3. The number of nitrogens with zero attached hydrogens (tertiary/aromatic N) is 1. The van der Waals surface area contributed by atoms with E-state index in [-0.39, 0.29) is 11.7 Å². The Balaban J connectivity index is 2.22. The molecule has 3 nitrogen and oxygen atoms in total. The first-order valence-electron chi connectivity index (χ1n) is 6.33. The van der Waals surface area contributed by atoms with Crippen LogP contribution in [0.25, 0.3) is 0 Å². The van der Waals surface area contributed by atoms with E-state index in [1.165, 1.54) is 0 Å². The van der Waals surface area contributed by atoms with Gasteiger partial charge in [0.05, 0.1) is 13.2 Å². The molecule has 1 aliphatic rings. The number of carbonyl (C=O) groups is 1. The molecule has 0 radical (unpaired) electrons. The minimum Gasteiger partial charge on any atom is -0.497 e. The largest absolute Gasteiger partial charge is 0.497 e. The molecular formula is C15H17NO2. The highest BCUT2D eigenvalue weighted by atomic mass is 16.5. The van der Waals surface area contributed by atoms with Gasteiger partial charge < -0.3 is 4.74 Å². The van der Waals surface area contributed by atoms with E-state index in [9.17, 15) is 10.1 Å². The minimum atomic E-state index is -0.650. The molecule has 0 N–H and O–H groups in total. The minimum absolute atomic E-state index is 0.0702. The number of methoxy groups -OCH3 is 1. The summed E-state index contributed by atoms with van der Waals surface area (Å²) in [5, 5.41) is 9.26. The molecule has 0 aromatic heterocycles. The predicted molar refractivity (Wildman–Crippen MR) is 68.3 cm³/mol. The van der Waals surface area contributed by atoms with Crippen molar-refractivity contribution >= 4 is 5.78 Å². The lowest BCUT2D eigenvalue weighted by molar-refractivity contribution is -0.123. The summed E-state index contributed by atoms with van der Waals surface area (Å²) in [6.07, 6.45) is 4.07. The van der Waals surface area contributed by atoms with Crippen molar-refractivity contribution in [2.45, 2.75) is 31.6 Å². The number of hydrogen-bond donors (Lipinski definition) is 0. The summed E-state index contributed by atoms with van der Waals surface area (Å²) < 4.78 is 5.13. The van der Waals surface area contributed by atoms with Crippen molar-refractivity contribution in [1.82, 2.24) is 0 Å². The first kappa shape index (κ1) is 12.6. The number of Topliss-reactive ketones (excluding diaryl/α,β-unsaturated/α-hetero) is 1. The smallest absolute Gasteiger partial charge is 0.157 e. The van der Waals surface area contributed by atoms with Gasteiger partial charge in [-0.15, -0.1) is 0 Å². The van der Waals surface area contributed by atoms with Gasteiger partial charge in [-0.25, -0.2) is 0 Å². The van der Waals surface area contributed by atoms with Gasteiger partial charge in [0.1, 0.15) is 11.7 Å². The Morgan fingerprint density at radius 2 is 2.17 bits per heavy atom. The fourth-order valence-electron chi connectivity index (χ4n) is 2.57. The average Bonchev–Trinajstić information content (AvgIpc) is 2.93. The lowest BCUT2D eigenvalue weighted by Crippen LogP contribution is -2.19. The van der Waals surface area contributed by atoms with Crippen molar-refractivity contribution in [2.75, 3.05) is 7.11 Å². The molecule has 2 rings (SSSR count). The summed E-state index contributed by atoms with van der Waals surface area (Å²) in [5.74, 6) is 0.180. The predicted octanol–water partition coefficient (Wildman–Crippen LogP) is 3.06. The van der Waals surface area contributed by atoms with Gasteiger partial charge in [-0.1, -0.05) is 25.0 Å². The summed E-state index contributed by atoms with van der Waals surface area (Å²) >= 11 is 0. The molecule has 1 atom stereocenters. The highest BCUT2D eigenvalue weighted by molar-refractivity contribution is 5.90. The molecule has 0 saturated heterocycles. The molecule has 0 amide bonds. The van der Waals surface area contributed by atoms with E-state index in [0.29, 0.717) is 5.75 Å². The SMILES string of the molecule is COc1cccc(C(C#N)C(=O)C2CCCC2)c1. The van der Waals surface area contributed by atoms with Crippen molar-refractivity contribution < 1.29 is 9.53 Å². The quantitative estimate of drug-likeness (QED) is 0.816. The van der Waals surface area contributed by atoms with Gasteiger partial charge in [0.2, 0.25) is 0 Å². The molecule has 3 heteroatoms. The number of nitriles is 1. The third-order valence-corrected chi connectivity index (χ3v) is 3.60. The third kappa shape index (κ3) is 2.53. The standard InChI is InChI=1S/C15H17NO2/c1-18-13-8-4-7-12(9-13)14(10-16)15(17)11-5-2-3-6-11/h4,7-9,11,14H,2-3,5-6H2,1H3. The van der Waals surface area contributed by atoms with Gasteiger partial charge in [-0.2, -0.15) is 5.26 Å². The zero-order valence-corrected chi connectivity index (χ0v) is 10.6. The van der Waals surface area contributed by atoms with Crippen LogP contribution in [0.15, 0.2) is 24.3 Å². The van der Waals surface area contributed by atoms with E-state index >= 15 is 0 Å². The van der Waals surface area contributed by atoms with Gasteiger partial charge in [0, 0.05) is 5.92 Å². The van der Waals surface area contributed by atoms with Crippen LogP contribution in [0.5, 0.6) is 5.75 Å². The molecule has 1 aliphatic carbocycles. The zero-order chi connectivity index (χ0) is 13.0. The fourth-order valence-corrected chi connectivity index (χ4v) is 2.57. The van der Waals surface area contributed by atoms with Crippen LogP contribution >= 0.6 is 0 Å². The Labute approximate surface area is 107 Å². The van der Waals surface area contributed by atoms with Crippen LogP contribution in [0.3, 0.4) is 0 Å². The number of carbonyl (C=O) groups excluding carboxylic acids is 1. The van der Waals surface area contributed by atoms with E-state index < -0.39 is 5.92 Å².